The summed E-state index contributed by atoms with van der Waals surface area (Å²) in [7, 11) is 0. The maximum atomic E-state index is 12.9. The average molecular weight is 1030 g/mol. The van der Waals surface area contributed by atoms with Crippen LogP contribution in [-0.2, 0) is 28.6 Å². The molecule has 0 aromatic rings. The highest BCUT2D eigenvalue weighted by Crippen LogP contribution is 2.17. The van der Waals surface area contributed by atoms with Crippen LogP contribution < -0.4 is 0 Å². The second-order valence-corrected chi connectivity index (χ2v) is 21.0. The molecule has 1 atom stereocenters. The standard InChI is InChI=1S/C68H118O6/c1-4-7-10-13-16-19-22-24-26-27-28-29-30-31-32-33-34-35-36-37-38-39-40-41-42-44-46-49-52-55-58-61-67(70)73-64-65(63-72-66(69)60-57-54-51-48-45-21-18-15-12-9-6-3)74-68(71)62-59-56-53-50-47-43-25-23-20-17-14-11-8-5-2/h7,10,16,19,24,26,28-29,31-32,34-35,37-38,65H,4-6,8-9,11-15,17-18,20-23,25,27,30,33,36,39-64H2,1-3H3/b10-7-,19-16-,26-24-,29-28-,32-31-,35-34-,38-37-. The van der Waals surface area contributed by atoms with E-state index in [1.807, 2.05) is 0 Å². The van der Waals surface area contributed by atoms with Gasteiger partial charge in [-0.1, -0.05) is 298 Å². The van der Waals surface area contributed by atoms with Crippen LogP contribution in [0.4, 0.5) is 0 Å². The van der Waals surface area contributed by atoms with Crippen molar-refractivity contribution in [2.24, 2.45) is 0 Å². The highest BCUT2D eigenvalue weighted by molar-refractivity contribution is 5.71. The molecular formula is C68H118O6. The van der Waals surface area contributed by atoms with E-state index in [0.29, 0.717) is 19.3 Å². The van der Waals surface area contributed by atoms with Crippen LogP contribution in [0.15, 0.2) is 85.1 Å². The van der Waals surface area contributed by atoms with Gasteiger partial charge in [0, 0.05) is 19.3 Å². The summed E-state index contributed by atoms with van der Waals surface area (Å²) >= 11 is 0. The zero-order valence-corrected chi connectivity index (χ0v) is 48.8. The highest BCUT2D eigenvalue weighted by atomic mass is 16.6. The van der Waals surface area contributed by atoms with Gasteiger partial charge in [-0.05, 0) is 77.0 Å². The summed E-state index contributed by atoms with van der Waals surface area (Å²) < 4.78 is 16.9. The van der Waals surface area contributed by atoms with Crippen LogP contribution in [-0.4, -0.2) is 37.2 Å². The predicted molar refractivity (Wildman–Crippen MR) is 321 cm³/mol. The van der Waals surface area contributed by atoms with Crippen LogP contribution in [0.3, 0.4) is 0 Å². The summed E-state index contributed by atoms with van der Waals surface area (Å²) in [6.07, 6.45) is 81.6. The minimum atomic E-state index is -0.774. The Kier molecular flexibility index (Phi) is 59.3. The number of ether oxygens (including phenoxy) is 3. The molecule has 426 valence electrons. The molecule has 0 heterocycles. The quantitative estimate of drug-likeness (QED) is 0.0261. The molecule has 0 aromatic carbocycles. The van der Waals surface area contributed by atoms with Crippen molar-refractivity contribution in [1.29, 1.82) is 0 Å². The van der Waals surface area contributed by atoms with Crippen LogP contribution in [0.5, 0.6) is 0 Å². The van der Waals surface area contributed by atoms with E-state index in [2.05, 4.69) is 106 Å². The molecule has 6 nitrogen and oxygen atoms in total. The minimum Gasteiger partial charge on any atom is -0.462 e. The summed E-state index contributed by atoms with van der Waals surface area (Å²) in [6.45, 7) is 6.54. The van der Waals surface area contributed by atoms with E-state index in [4.69, 9.17) is 14.2 Å². The zero-order valence-electron chi connectivity index (χ0n) is 48.8. The normalized spacial score (nSPS) is 12.6. The first-order chi connectivity index (χ1) is 36.5. The van der Waals surface area contributed by atoms with Crippen molar-refractivity contribution < 1.29 is 28.6 Å². The van der Waals surface area contributed by atoms with E-state index in [0.717, 1.165) is 109 Å². The van der Waals surface area contributed by atoms with E-state index in [1.165, 1.54) is 161 Å². The molecule has 0 radical (unpaired) electrons. The summed E-state index contributed by atoms with van der Waals surface area (Å²) in [5.74, 6) is -0.867. The van der Waals surface area contributed by atoms with Gasteiger partial charge in [-0.3, -0.25) is 14.4 Å². The molecule has 0 bridgehead atoms. The van der Waals surface area contributed by atoms with Gasteiger partial charge in [0.1, 0.15) is 13.2 Å². The Labute approximate surface area is 458 Å². The van der Waals surface area contributed by atoms with Crippen molar-refractivity contribution in [2.45, 2.75) is 316 Å². The fourth-order valence-electron chi connectivity index (χ4n) is 8.95. The molecule has 0 amide bonds. The topological polar surface area (TPSA) is 78.9 Å². The molecule has 0 aromatic heterocycles. The smallest absolute Gasteiger partial charge is 0.306 e. The lowest BCUT2D eigenvalue weighted by molar-refractivity contribution is -0.167. The monoisotopic (exact) mass is 1030 g/mol. The SMILES string of the molecule is CC/C=C\C/C=C\C/C=C\C/C=C\C/C=C\C/C=C\C/C=C\CCCCCCCCCCCC(=O)OCC(COC(=O)CCCCCCCCCCCCC)OC(=O)CCCCCCCCCCCCCCCC. The predicted octanol–water partition coefficient (Wildman–Crippen LogP) is 21.5. The Hall–Kier alpha value is -3.41. The largest absolute Gasteiger partial charge is 0.462 e. The Morgan fingerprint density at radius 2 is 0.527 bits per heavy atom. The second-order valence-electron chi connectivity index (χ2n) is 21.0. The van der Waals surface area contributed by atoms with Gasteiger partial charge in [0.15, 0.2) is 6.10 Å². The van der Waals surface area contributed by atoms with Gasteiger partial charge in [0.25, 0.3) is 0 Å². The van der Waals surface area contributed by atoms with Crippen molar-refractivity contribution in [3.8, 4) is 0 Å². The number of unbranched alkanes of at least 4 members (excludes halogenated alkanes) is 32. The number of carbonyl (C=O) groups excluding carboxylic acids is 3. The maximum absolute atomic E-state index is 12.9. The summed E-state index contributed by atoms with van der Waals surface area (Å²) in [6, 6.07) is 0. The van der Waals surface area contributed by atoms with Gasteiger partial charge in [-0.2, -0.15) is 0 Å². The first kappa shape index (κ1) is 70.6. The fourth-order valence-corrected chi connectivity index (χ4v) is 8.95. The van der Waals surface area contributed by atoms with Crippen LogP contribution >= 0.6 is 0 Å². The van der Waals surface area contributed by atoms with Gasteiger partial charge in [-0.15, -0.1) is 0 Å². The molecule has 0 saturated carbocycles. The Bertz CT molecular complexity index is 1420. The van der Waals surface area contributed by atoms with Gasteiger partial charge in [-0.25, -0.2) is 0 Å². The molecule has 0 aliphatic rings. The Morgan fingerprint density at radius 1 is 0.284 bits per heavy atom. The lowest BCUT2D eigenvalue weighted by Gasteiger charge is -2.18. The first-order valence-electron chi connectivity index (χ1n) is 31.6. The minimum absolute atomic E-state index is 0.0730. The molecule has 0 spiro atoms. The number of rotatable bonds is 57. The van der Waals surface area contributed by atoms with Crippen LogP contribution in [0.2, 0.25) is 0 Å². The van der Waals surface area contributed by atoms with E-state index >= 15 is 0 Å². The molecule has 0 rings (SSSR count). The van der Waals surface area contributed by atoms with E-state index in [1.54, 1.807) is 0 Å². The van der Waals surface area contributed by atoms with Crippen LogP contribution in [0.25, 0.3) is 0 Å². The molecule has 0 N–H and O–H groups in total. The van der Waals surface area contributed by atoms with Gasteiger partial charge in [0.2, 0.25) is 0 Å². The molecule has 0 aliphatic carbocycles. The van der Waals surface area contributed by atoms with Crippen molar-refractivity contribution in [3.05, 3.63) is 85.1 Å². The molecule has 74 heavy (non-hydrogen) atoms. The van der Waals surface area contributed by atoms with E-state index < -0.39 is 6.10 Å². The fraction of sp³-hybridized carbons (Fsp3) is 0.750. The van der Waals surface area contributed by atoms with Gasteiger partial charge < -0.3 is 14.2 Å². The average Bonchev–Trinajstić information content (AvgIpc) is 3.40. The Morgan fingerprint density at radius 3 is 0.824 bits per heavy atom. The van der Waals surface area contributed by atoms with Gasteiger partial charge in [0.05, 0.1) is 0 Å². The summed E-state index contributed by atoms with van der Waals surface area (Å²) in [5, 5.41) is 0. The van der Waals surface area contributed by atoms with Crippen molar-refractivity contribution in [2.75, 3.05) is 13.2 Å². The summed E-state index contributed by atoms with van der Waals surface area (Å²) in [5.41, 5.74) is 0. The molecule has 6 heteroatoms. The van der Waals surface area contributed by atoms with Crippen molar-refractivity contribution in [1.82, 2.24) is 0 Å². The first-order valence-corrected chi connectivity index (χ1v) is 31.6. The van der Waals surface area contributed by atoms with Crippen molar-refractivity contribution >= 4 is 17.9 Å². The number of allylic oxidation sites excluding steroid dienone is 14. The van der Waals surface area contributed by atoms with E-state index in [9.17, 15) is 14.4 Å². The lowest BCUT2D eigenvalue weighted by atomic mass is 10.0. The molecular weight excluding hydrogens is 913 g/mol. The second kappa shape index (κ2) is 62.1. The Balaban J connectivity index is 4.20. The molecule has 0 fully saturated rings. The third kappa shape index (κ3) is 59.5. The molecule has 0 aliphatic heterocycles. The van der Waals surface area contributed by atoms with E-state index in [-0.39, 0.29) is 31.1 Å². The molecule has 1 unspecified atom stereocenters. The maximum Gasteiger partial charge on any atom is 0.306 e. The third-order valence-electron chi connectivity index (χ3n) is 13.7. The lowest BCUT2D eigenvalue weighted by Crippen LogP contribution is -2.30. The highest BCUT2D eigenvalue weighted by Gasteiger charge is 2.19. The number of esters is 3. The van der Waals surface area contributed by atoms with Crippen LogP contribution in [0, 0.1) is 0 Å². The number of hydrogen-bond acceptors (Lipinski definition) is 6. The number of hydrogen-bond donors (Lipinski definition) is 0. The van der Waals surface area contributed by atoms with Crippen LogP contribution in [0.1, 0.15) is 310 Å². The summed E-state index contributed by atoms with van der Waals surface area (Å²) in [4.78, 5) is 38.2. The zero-order chi connectivity index (χ0) is 53.6. The number of carbonyl (C=O) groups is 3. The van der Waals surface area contributed by atoms with Crippen molar-refractivity contribution in [3.63, 3.8) is 0 Å². The molecule has 0 saturated heterocycles. The van der Waals surface area contributed by atoms with Gasteiger partial charge >= 0.3 is 17.9 Å². The third-order valence-corrected chi connectivity index (χ3v) is 13.7.